The summed E-state index contributed by atoms with van der Waals surface area (Å²) in [4.78, 5) is 15.3. The first-order valence-corrected chi connectivity index (χ1v) is 6.19. The summed E-state index contributed by atoms with van der Waals surface area (Å²) in [6.07, 6.45) is 2.74. The van der Waals surface area contributed by atoms with Crippen molar-refractivity contribution in [3.05, 3.63) is 65.9 Å². The number of aromatic nitrogens is 1. The minimum atomic E-state index is 0.677. The molecule has 3 aromatic rings. The van der Waals surface area contributed by atoms with Crippen LogP contribution >= 0.6 is 0 Å². The maximum absolute atomic E-state index is 10.8. The molecule has 0 atom stereocenters. The predicted molar refractivity (Wildman–Crippen MR) is 77.3 cm³/mol. The molecule has 0 bridgehead atoms. The monoisotopic (exact) mass is 247 g/mol. The van der Waals surface area contributed by atoms with Crippen molar-refractivity contribution in [1.82, 2.24) is 4.98 Å². The molecule has 0 fully saturated rings. The third-order valence-corrected chi connectivity index (χ3v) is 3.30. The van der Waals surface area contributed by atoms with Crippen molar-refractivity contribution >= 4 is 17.2 Å². The number of hydrogen-bond acceptors (Lipinski definition) is 2. The molecule has 1 heterocycles. The van der Waals surface area contributed by atoms with E-state index in [2.05, 4.69) is 30.1 Å². The van der Waals surface area contributed by atoms with Crippen LogP contribution in [0.1, 0.15) is 15.9 Å². The maximum atomic E-state index is 10.8. The van der Waals surface area contributed by atoms with Gasteiger partial charge in [-0.1, -0.05) is 24.3 Å². The van der Waals surface area contributed by atoms with E-state index in [1.54, 1.807) is 6.07 Å². The van der Waals surface area contributed by atoms with Gasteiger partial charge in [-0.3, -0.25) is 9.78 Å². The second-order valence-corrected chi connectivity index (χ2v) is 4.61. The zero-order valence-electron chi connectivity index (χ0n) is 10.6. The van der Waals surface area contributed by atoms with Gasteiger partial charge < -0.3 is 0 Å². The lowest BCUT2D eigenvalue weighted by Crippen LogP contribution is -1.87. The van der Waals surface area contributed by atoms with E-state index in [1.807, 2.05) is 30.5 Å². The average molecular weight is 247 g/mol. The summed E-state index contributed by atoms with van der Waals surface area (Å²) in [6.45, 7) is 2.08. The number of carbonyl (C=O) groups excluding carboxylic acids is 1. The molecule has 0 radical (unpaired) electrons. The summed E-state index contributed by atoms with van der Waals surface area (Å²) in [5.74, 6) is 0. The normalized spacial score (nSPS) is 10.6. The highest BCUT2D eigenvalue weighted by molar-refractivity contribution is 5.89. The summed E-state index contributed by atoms with van der Waals surface area (Å²) >= 11 is 0. The highest BCUT2D eigenvalue weighted by atomic mass is 16.1. The number of benzene rings is 2. The summed E-state index contributed by atoms with van der Waals surface area (Å²) in [5, 5.41) is 0.991. The fraction of sp³-hybridized carbons (Fsp3) is 0.0588. The van der Waals surface area contributed by atoms with Gasteiger partial charge in [-0.2, -0.15) is 0 Å². The van der Waals surface area contributed by atoms with E-state index in [1.165, 1.54) is 11.1 Å². The number of nitrogens with zero attached hydrogens (tertiary/aromatic N) is 1. The quantitative estimate of drug-likeness (QED) is 0.640. The number of rotatable bonds is 2. The van der Waals surface area contributed by atoms with Gasteiger partial charge in [0, 0.05) is 22.7 Å². The van der Waals surface area contributed by atoms with Crippen LogP contribution in [0.4, 0.5) is 0 Å². The summed E-state index contributed by atoms with van der Waals surface area (Å²) in [6, 6.07) is 15.8. The fourth-order valence-corrected chi connectivity index (χ4v) is 2.27. The van der Waals surface area contributed by atoms with Crippen molar-refractivity contribution in [2.75, 3.05) is 0 Å². The smallest absolute Gasteiger partial charge is 0.150 e. The van der Waals surface area contributed by atoms with Gasteiger partial charge in [0.05, 0.1) is 5.52 Å². The molecular weight excluding hydrogens is 234 g/mol. The lowest BCUT2D eigenvalue weighted by Gasteiger charge is -2.07. The van der Waals surface area contributed by atoms with Crippen LogP contribution in [0.5, 0.6) is 0 Å². The largest absolute Gasteiger partial charge is 0.298 e. The van der Waals surface area contributed by atoms with Crippen molar-refractivity contribution in [1.29, 1.82) is 0 Å². The van der Waals surface area contributed by atoms with Crippen molar-refractivity contribution in [3.8, 4) is 11.1 Å². The highest BCUT2D eigenvalue weighted by Gasteiger charge is 2.04. The number of aryl methyl sites for hydroxylation is 1. The summed E-state index contributed by atoms with van der Waals surface area (Å²) in [5.41, 5.74) is 5.05. The Morgan fingerprint density at radius 1 is 1.05 bits per heavy atom. The van der Waals surface area contributed by atoms with Crippen LogP contribution in [0.15, 0.2) is 54.7 Å². The molecule has 0 N–H and O–H groups in total. The lowest BCUT2D eigenvalue weighted by molar-refractivity contribution is 0.112. The maximum Gasteiger partial charge on any atom is 0.150 e. The molecule has 2 aromatic carbocycles. The van der Waals surface area contributed by atoms with Crippen LogP contribution in [0.2, 0.25) is 0 Å². The second-order valence-electron chi connectivity index (χ2n) is 4.61. The first-order valence-electron chi connectivity index (χ1n) is 6.19. The zero-order chi connectivity index (χ0) is 13.2. The first-order chi connectivity index (χ1) is 9.28. The Labute approximate surface area is 111 Å². The predicted octanol–water partition coefficient (Wildman–Crippen LogP) is 4.02. The molecule has 3 rings (SSSR count). The topological polar surface area (TPSA) is 30.0 Å². The number of aldehydes is 1. The molecule has 0 amide bonds. The Morgan fingerprint density at radius 2 is 1.89 bits per heavy atom. The van der Waals surface area contributed by atoms with Crippen LogP contribution < -0.4 is 0 Å². The minimum Gasteiger partial charge on any atom is -0.298 e. The van der Waals surface area contributed by atoms with Crippen molar-refractivity contribution < 1.29 is 4.79 Å². The molecule has 0 aliphatic carbocycles. The van der Waals surface area contributed by atoms with Gasteiger partial charge in [-0.25, -0.2) is 0 Å². The van der Waals surface area contributed by atoms with Crippen LogP contribution in [-0.2, 0) is 0 Å². The van der Waals surface area contributed by atoms with Crippen LogP contribution in [0.3, 0.4) is 0 Å². The SMILES string of the molecule is Cc1ccccc1-c1cnc2ccc(C=O)cc2c1. The second kappa shape index (κ2) is 4.65. The summed E-state index contributed by atoms with van der Waals surface area (Å²) in [7, 11) is 0. The fourth-order valence-electron chi connectivity index (χ4n) is 2.27. The Bertz CT molecular complexity index is 762. The molecule has 92 valence electrons. The summed E-state index contributed by atoms with van der Waals surface area (Å²) < 4.78 is 0. The van der Waals surface area contributed by atoms with Crippen LogP contribution in [0.25, 0.3) is 22.0 Å². The van der Waals surface area contributed by atoms with Gasteiger partial charge >= 0.3 is 0 Å². The Balaban J connectivity index is 2.21. The molecule has 0 saturated carbocycles. The van der Waals surface area contributed by atoms with Gasteiger partial charge in [-0.15, -0.1) is 0 Å². The third kappa shape index (κ3) is 2.13. The molecule has 1 aromatic heterocycles. The average Bonchev–Trinajstić information content (AvgIpc) is 2.46. The van der Waals surface area contributed by atoms with Crippen molar-refractivity contribution in [3.63, 3.8) is 0 Å². The lowest BCUT2D eigenvalue weighted by atomic mass is 10.0. The van der Waals surface area contributed by atoms with Crippen LogP contribution in [0, 0.1) is 6.92 Å². The highest BCUT2D eigenvalue weighted by Crippen LogP contribution is 2.25. The molecule has 19 heavy (non-hydrogen) atoms. The first kappa shape index (κ1) is 11.6. The number of carbonyl (C=O) groups is 1. The van der Waals surface area contributed by atoms with Gasteiger partial charge in [0.15, 0.2) is 0 Å². The van der Waals surface area contributed by atoms with Crippen molar-refractivity contribution in [2.45, 2.75) is 6.92 Å². The van der Waals surface area contributed by atoms with E-state index in [0.29, 0.717) is 5.56 Å². The standard InChI is InChI=1S/C17H13NO/c1-12-4-2-3-5-16(12)15-9-14-8-13(11-19)6-7-17(14)18-10-15/h2-11H,1H3. The number of pyridine rings is 1. The van der Waals surface area contributed by atoms with E-state index in [-0.39, 0.29) is 0 Å². The van der Waals surface area contributed by atoms with Gasteiger partial charge in [-0.05, 0) is 42.3 Å². The van der Waals surface area contributed by atoms with E-state index in [9.17, 15) is 4.79 Å². The van der Waals surface area contributed by atoms with E-state index < -0.39 is 0 Å². The molecular formula is C17H13NO. The minimum absolute atomic E-state index is 0.677. The molecule has 0 spiro atoms. The molecule has 0 unspecified atom stereocenters. The van der Waals surface area contributed by atoms with Gasteiger partial charge in [0.1, 0.15) is 6.29 Å². The van der Waals surface area contributed by atoms with Crippen molar-refractivity contribution in [2.24, 2.45) is 0 Å². The molecule has 0 aliphatic rings. The van der Waals surface area contributed by atoms with Gasteiger partial charge in [0.25, 0.3) is 0 Å². The van der Waals surface area contributed by atoms with E-state index in [0.717, 1.165) is 22.8 Å². The Kier molecular flexibility index (Phi) is 2.84. The third-order valence-electron chi connectivity index (χ3n) is 3.30. The molecule has 0 aliphatic heterocycles. The number of fused-ring (bicyclic) bond motifs is 1. The molecule has 2 heteroatoms. The van der Waals surface area contributed by atoms with E-state index >= 15 is 0 Å². The molecule has 0 saturated heterocycles. The zero-order valence-corrected chi connectivity index (χ0v) is 10.6. The van der Waals surface area contributed by atoms with Gasteiger partial charge in [0.2, 0.25) is 0 Å². The number of hydrogen-bond donors (Lipinski definition) is 0. The van der Waals surface area contributed by atoms with Crippen LogP contribution in [-0.4, -0.2) is 11.3 Å². The Hall–Kier alpha value is -2.48. The Morgan fingerprint density at radius 3 is 2.68 bits per heavy atom. The molecule has 2 nitrogen and oxygen atoms in total. The van der Waals surface area contributed by atoms with E-state index in [4.69, 9.17) is 0 Å².